The van der Waals surface area contributed by atoms with E-state index in [1.807, 2.05) is 12.1 Å². The molecule has 2 aromatic rings. The van der Waals surface area contributed by atoms with Gasteiger partial charge in [0, 0.05) is 5.56 Å². The zero-order valence-electron chi connectivity index (χ0n) is 22.3. The third kappa shape index (κ3) is 6.15. The predicted molar refractivity (Wildman–Crippen MR) is 159 cm³/mol. The average Bonchev–Trinajstić information content (AvgIpc) is 3.15. The molecular formula is C29H31Br2NO5S. The van der Waals surface area contributed by atoms with Crippen molar-refractivity contribution in [3.63, 3.8) is 0 Å². The van der Waals surface area contributed by atoms with Crippen LogP contribution in [0.15, 0.2) is 37.6 Å². The first kappa shape index (κ1) is 28.8. The smallest absolute Gasteiger partial charge is 0.290 e. The summed E-state index contributed by atoms with van der Waals surface area (Å²) < 4.78 is 20.5. The lowest BCUT2D eigenvalue weighted by molar-refractivity contribution is -0.115. The number of ether oxygens (including phenoxy) is 3. The lowest BCUT2D eigenvalue weighted by Gasteiger charge is -2.38. The number of imide groups is 1. The van der Waals surface area contributed by atoms with Gasteiger partial charge in [-0.25, -0.2) is 0 Å². The Kier molecular flexibility index (Phi) is 8.69. The summed E-state index contributed by atoms with van der Waals surface area (Å²) >= 11 is 8.08. The van der Waals surface area contributed by atoms with Crippen LogP contribution in [0.5, 0.6) is 17.2 Å². The van der Waals surface area contributed by atoms with Crippen LogP contribution in [-0.4, -0.2) is 30.0 Å². The van der Waals surface area contributed by atoms with Crippen LogP contribution in [0.2, 0.25) is 0 Å². The van der Waals surface area contributed by atoms with Crippen molar-refractivity contribution in [2.24, 2.45) is 0 Å². The van der Waals surface area contributed by atoms with E-state index >= 15 is 0 Å². The largest absolute Gasteiger partial charge is 0.489 e. The Morgan fingerprint density at radius 3 is 2.37 bits per heavy atom. The molecule has 1 saturated heterocycles. The van der Waals surface area contributed by atoms with Gasteiger partial charge in [0.15, 0.2) is 0 Å². The third-order valence-electron chi connectivity index (χ3n) is 6.76. The highest BCUT2D eigenvalue weighted by Gasteiger charge is 2.36. The predicted octanol–water partition coefficient (Wildman–Crippen LogP) is 7.97. The topological polar surface area (TPSA) is 73.9 Å². The summed E-state index contributed by atoms with van der Waals surface area (Å²) in [5.41, 5.74) is 6.01. The quantitative estimate of drug-likeness (QED) is 0.239. The fraction of sp³-hybridized carbons (Fsp3) is 0.379. The van der Waals surface area contributed by atoms with E-state index in [1.165, 1.54) is 11.1 Å². The van der Waals surface area contributed by atoms with E-state index in [-0.39, 0.29) is 11.1 Å². The van der Waals surface area contributed by atoms with E-state index in [0.717, 1.165) is 67.3 Å². The van der Waals surface area contributed by atoms with Crippen LogP contribution >= 0.6 is 43.6 Å². The van der Waals surface area contributed by atoms with Crippen molar-refractivity contribution >= 4 is 60.8 Å². The first-order valence-electron chi connectivity index (χ1n) is 12.3. The highest BCUT2D eigenvalue weighted by atomic mass is 79.9. The molecular weight excluding hydrogens is 634 g/mol. The Hall–Kier alpha value is -2.23. The van der Waals surface area contributed by atoms with Crippen molar-refractivity contribution in [1.82, 2.24) is 5.32 Å². The number of amides is 2. The Morgan fingerprint density at radius 2 is 1.76 bits per heavy atom. The van der Waals surface area contributed by atoms with Crippen molar-refractivity contribution in [1.29, 1.82) is 0 Å². The zero-order chi connectivity index (χ0) is 27.8. The number of allylic oxidation sites excluding steroid dienone is 1. The number of benzene rings is 2. The van der Waals surface area contributed by atoms with Crippen LogP contribution in [0.4, 0.5) is 4.79 Å². The van der Waals surface area contributed by atoms with Crippen molar-refractivity contribution < 1.29 is 23.8 Å². The molecule has 202 valence electrons. The molecule has 0 radical (unpaired) electrons. The second-order valence-electron chi connectivity index (χ2n) is 10.1. The minimum Gasteiger partial charge on any atom is -0.489 e. The molecule has 38 heavy (non-hydrogen) atoms. The summed E-state index contributed by atoms with van der Waals surface area (Å²) in [5.74, 6) is 2.13. The van der Waals surface area contributed by atoms with Crippen molar-refractivity contribution in [2.45, 2.75) is 60.0 Å². The number of halogens is 2. The number of rotatable bonds is 7. The van der Waals surface area contributed by atoms with E-state index in [0.29, 0.717) is 23.9 Å². The fourth-order valence-corrected chi connectivity index (χ4v) is 6.62. The Bertz CT molecular complexity index is 1360. The van der Waals surface area contributed by atoms with Gasteiger partial charge in [0.05, 0.1) is 13.9 Å². The number of hydrogen-bond donors (Lipinski definition) is 1. The molecule has 0 saturated carbocycles. The molecule has 0 aromatic heterocycles. The highest BCUT2D eigenvalue weighted by molar-refractivity contribution is 9.11. The van der Waals surface area contributed by atoms with Crippen molar-refractivity contribution in [3.8, 4) is 17.2 Å². The van der Waals surface area contributed by atoms with Crippen LogP contribution in [0, 0.1) is 20.8 Å². The van der Waals surface area contributed by atoms with Crippen molar-refractivity contribution in [3.05, 3.63) is 65.4 Å². The molecule has 2 aliphatic rings. The molecule has 0 bridgehead atoms. The summed E-state index contributed by atoms with van der Waals surface area (Å²) in [6.07, 6.45) is 5.44. The van der Waals surface area contributed by atoms with E-state index < -0.39 is 5.60 Å². The number of thioether (sulfide) groups is 1. The molecule has 9 heteroatoms. The number of carbonyl (C=O) groups is 2. The first-order chi connectivity index (χ1) is 17.9. The standard InChI is InChI=1S/C29H31Br2NO5S/c1-15(2)8-10-35-24-16(3)17(4)25-20(18(24)5)7-9-29(6,37-25)14-36-26-21(30)11-19(12-22(26)31)13-23-27(33)32-28(34)38-23/h8,11-13H,7,9-10,14H2,1-6H3,(H,32,33,34)/b23-13-. The van der Waals surface area contributed by atoms with Gasteiger partial charge in [-0.3, -0.25) is 14.9 Å². The average molecular weight is 665 g/mol. The molecule has 2 amide bonds. The maximum absolute atomic E-state index is 11.9. The minimum absolute atomic E-state index is 0.354. The van der Waals surface area contributed by atoms with Gasteiger partial charge in [-0.15, -0.1) is 0 Å². The summed E-state index contributed by atoms with van der Waals surface area (Å²) in [6, 6.07) is 3.72. The molecule has 6 nitrogen and oxygen atoms in total. The van der Waals surface area contributed by atoms with Gasteiger partial charge in [0.25, 0.3) is 11.1 Å². The van der Waals surface area contributed by atoms with Gasteiger partial charge in [-0.05, 0) is 145 Å². The van der Waals surface area contributed by atoms with Gasteiger partial charge in [-0.2, -0.15) is 0 Å². The molecule has 1 fully saturated rings. The van der Waals surface area contributed by atoms with Crippen LogP contribution in [0.25, 0.3) is 6.08 Å². The van der Waals surface area contributed by atoms with Crippen LogP contribution in [-0.2, 0) is 11.2 Å². The number of fused-ring (bicyclic) bond motifs is 1. The minimum atomic E-state index is -0.514. The summed E-state index contributed by atoms with van der Waals surface area (Å²) in [7, 11) is 0. The summed E-state index contributed by atoms with van der Waals surface area (Å²) in [4.78, 5) is 23.7. The lowest BCUT2D eigenvalue weighted by Crippen LogP contribution is -2.42. The number of nitrogens with one attached hydrogen (secondary N) is 1. The third-order valence-corrected chi connectivity index (χ3v) is 8.75. The van der Waals surface area contributed by atoms with Gasteiger partial charge in [-0.1, -0.05) is 5.57 Å². The number of carbonyl (C=O) groups excluding carboxylic acids is 2. The Morgan fingerprint density at radius 1 is 1.08 bits per heavy atom. The molecule has 2 aromatic carbocycles. The fourth-order valence-electron chi connectivity index (χ4n) is 4.49. The molecule has 2 aliphatic heterocycles. The molecule has 1 atom stereocenters. The highest BCUT2D eigenvalue weighted by Crippen LogP contribution is 2.44. The van der Waals surface area contributed by atoms with Gasteiger partial charge >= 0.3 is 0 Å². The van der Waals surface area contributed by atoms with Gasteiger partial charge in [0.1, 0.15) is 36.1 Å². The zero-order valence-corrected chi connectivity index (χ0v) is 26.3. The van der Waals surface area contributed by atoms with E-state index in [2.05, 4.69) is 84.8 Å². The SMILES string of the molecule is CC(C)=CCOc1c(C)c(C)c2c(c1C)CCC(C)(COc1c(Br)cc(/C=C3\SC(=O)NC3=O)cc1Br)O2. The molecule has 1 unspecified atom stereocenters. The van der Waals surface area contributed by atoms with E-state index in [4.69, 9.17) is 14.2 Å². The van der Waals surface area contributed by atoms with Crippen LogP contribution in [0.1, 0.15) is 55.0 Å². The van der Waals surface area contributed by atoms with Gasteiger partial charge < -0.3 is 14.2 Å². The first-order valence-corrected chi connectivity index (χ1v) is 14.7. The summed E-state index contributed by atoms with van der Waals surface area (Å²) in [6.45, 7) is 13.4. The van der Waals surface area contributed by atoms with Gasteiger partial charge in [0.2, 0.25) is 0 Å². The molecule has 4 rings (SSSR count). The molecule has 2 heterocycles. The maximum atomic E-state index is 11.9. The molecule has 0 spiro atoms. The van der Waals surface area contributed by atoms with Crippen molar-refractivity contribution in [2.75, 3.05) is 13.2 Å². The second-order valence-corrected chi connectivity index (χ2v) is 12.8. The molecule has 0 aliphatic carbocycles. The van der Waals surface area contributed by atoms with E-state index in [9.17, 15) is 9.59 Å². The number of hydrogen-bond acceptors (Lipinski definition) is 6. The molecule has 1 N–H and O–H groups in total. The van der Waals surface area contributed by atoms with E-state index in [1.54, 1.807) is 6.08 Å². The second kappa shape index (κ2) is 11.5. The Balaban J connectivity index is 1.51. The maximum Gasteiger partial charge on any atom is 0.290 e. The Labute approximate surface area is 244 Å². The lowest BCUT2D eigenvalue weighted by atomic mass is 9.87. The normalized spacial score (nSPS) is 19.6. The van der Waals surface area contributed by atoms with Crippen LogP contribution in [0.3, 0.4) is 0 Å². The monoisotopic (exact) mass is 663 g/mol. The summed E-state index contributed by atoms with van der Waals surface area (Å²) in [5, 5.41) is 1.90. The van der Waals surface area contributed by atoms with Crippen LogP contribution < -0.4 is 19.5 Å².